The van der Waals surface area contributed by atoms with Gasteiger partial charge in [0.2, 0.25) is 5.88 Å². The van der Waals surface area contributed by atoms with E-state index in [1.165, 1.54) is 12.1 Å². The number of benzene rings is 2. The van der Waals surface area contributed by atoms with Gasteiger partial charge in [-0.1, -0.05) is 23.7 Å². The quantitative estimate of drug-likeness (QED) is 0.631. The first kappa shape index (κ1) is 15.1. The number of rotatable bonds is 3. The van der Waals surface area contributed by atoms with Crippen molar-refractivity contribution in [2.24, 2.45) is 10.2 Å². The summed E-state index contributed by atoms with van der Waals surface area (Å²) >= 11 is 5.88. The van der Waals surface area contributed by atoms with Crippen molar-refractivity contribution in [2.45, 2.75) is 6.42 Å². The smallest absolute Gasteiger partial charge is 0.269 e. The number of amides is 1. The lowest BCUT2D eigenvalue weighted by atomic mass is 10.1. The Labute approximate surface area is 136 Å². The van der Waals surface area contributed by atoms with Crippen molar-refractivity contribution < 1.29 is 15.0 Å². The first-order chi connectivity index (χ1) is 11.0. The molecule has 3 rings (SSSR count). The third-order valence-electron chi connectivity index (χ3n) is 3.27. The highest BCUT2D eigenvalue weighted by Gasteiger charge is 2.11. The molecule has 116 valence electrons. The van der Waals surface area contributed by atoms with Crippen LogP contribution in [0.3, 0.4) is 0 Å². The summed E-state index contributed by atoms with van der Waals surface area (Å²) in [7, 11) is 0. The van der Waals surface area contributed by atoms with Gasteiger partial charge in [0.15, 0.2) is 5.69 Å². The van der Waals surface area contributed by atoms with Gasteiger partial charge in [-0.25, -0.2) is 0 Å². The normalized spacial score (nSPS) is 11.3. The van der Waals surface area contributed by atoms with Gasteiger partial charge in [-0.2, -0.15) is 0 Å². The summed E-state index contributed by atoms with van der Waals surface area (Å²) in [6.07, 6.45) is 0.0543. The Bertz CT molecular complexity index is 901. The second kappa shape index (κ2) is 6.10. The predicted molar refractivity (Wildman–Crippen MR) is 86.3 cm³/mol. The maximum Gasteiger partial charge on any atom is 0.269 e. The lowest BCUT2D eigenvalue weighted by Gasteiger charge is -1.97. The zero-order valence-electron chi connectivity index (χ0n) is 11.8. The van der Waals surface area contributed by atoms with Crippen molar-refractivity contribution in [3.63, 3.8) is 0 Å². The number of azo groups is 1. The van der Waals surface area contributed by atoms with Crippen molar-refractivity contribution in [1.29, 1.82) is 0 Å². The molecule has 6 nitrogen and oxygen atoms in total. The summed E-state index contributed by atoms with van der Waals surface area (Å²) in [5.74, 6) is -0.507. The molecule has 0 fully saturated rings. The summed E-state index contributed by atoms with van der Waals surface area (Å²) < 4.78 is 0. The number of aromatic amines is 1. The van der Waals surface area contributed by atoms with Gasteiger partial charge in [-0.15, -0.1) is 10.2 Å². The van der Waals surface area contributed by atoms with Gasteiger partial charge < -0.3 is 15.2 Å². The fourth-order valence-electron chi connectivity index (χ4n) is 2.17. The Morgan fingerprint density at radius 3 is 2.61 bits per heavy atom. The van der Waals surface area contributed by atoms with Crippen molar-refractivity contribution in [1.82, 2.24) is 4.98 Å². The maximum absolute atomic E-state index is 11.9. The van der Waals surface area contributed by atoms with Crippen molar-refractivity contribution in [3.8, 4) is 11.6 Å². The third-order valence-corrected chi connectivity index (χ3v) is 3.50. The zero-order chi connectivity index (χ0) is 16.4. The van der Waals surface area contributed by atoms with E-state index in [4.69, 9.17) is 11.6 Å². The molecule has 0 saturated carbocycles. The summed E-state index contributed by atoms with van der Waals surface area (Å²) in [6, 6.07) is 11.3. The average Bonchev–Trinajstić information content (AvgIpc) is 2.82. The molecule has 0 saturated heterocycles. The Morgan fingerprint density at radius 1 is 1.13 bits per heavy atom. The van der Waals surface area contributed by atoms with Gasteiger partial charge in [-0.3, -0.25) is 4.79 Å². The first-order valence-electron chi connectivity index (χ1n) is 6.75. The summed E-state index contributed by atoms with van der Waals surface area (Å²) in [5, 5.41) is 27.7. The lowest BCUT2D eigenvalue weighted by molar-refractivity contribution is -0.117. The van der Waals surface area contributed by atoms with E-state index < -0.39 is 5.91 Å². The molecule has 0 unspecified atom stereocenters. The SMILES string of the molecule is O=C(Cc1ccc(O)cc1)N=Nc1c(O)[nH]c2cc(Cl)ccc12. The minimum Gasteiger partial charge on any atom is -0.508 e. The molecule has 0 spiro atoms. The molecule has 0 atom stereocenters. The summed E-state index contributed by atoms with van der Waals surface area (Å²) in [4.78, 5) is 14.6. The van der Waals surface area contributed by atoms with Crippen LogP contribution in [0.5, 0.6) is 11.6 Å². The minimum absolute atomic E-state index is 0.0543. The Balaban J connectivity index is 1.81. The third kappa shape index (κ3) is 3.32. The second-order valence-corrected chi connectivity index (χ2v) is 5.39. The van der Waals surface area contributed by atoms with Crippen molar-refractivity contribution >= 4 is 34.1 Å². The molecule has 0 aliphatic rings. The Hall–Kier alpha value is -2.86. The molecule has 2 aromatic carbocycles. The molecule has 23 heavy (non-hydrogen) atoms. The van der Waals surface area contributed by atoms with Crippen molar-refractivity contribution in [3.05, 3.63) is 53.1 Å². The number of aromatic nitrogens is 1. The van der Waals surface area contributed by atoms with Crippen LogP contribution in [0.25, 0.3) is 10.9 Å². The van der Waals surface area contributed by atoms with E-state index in [9.17, 15) is 15.0 Å². The number of nitrogens with zero attached hydrogens (tertiary/aromatic N) is 2. The van der Waals surface area contributed by atoms with E-state index in [2.05, 4.69) is 15.2 Å². The first-order valence-corrected chi connectivity index (χ1v) is 7.13. The largest absolute Gasteiger partial charge is 0.508 e. The standard InChI is InChI=1S/C16H12ClN3O3/c17-10-3-6-12-13(8-10)18-16(23)15(12)20-19-14(22)7-9-1-4-11(21)5-2-9/h1-6,8,18,21,23H,7H2. The van der Waals surface area contributed by atoms with Gasteiger partial charge in [0.25, 0.3) is 5.91 Å². The van der Waals surface area contributed by atoms with Crippen LogP contribution in [0, 0.1) is 0 Å². The number of halogens is 1. The van der Waals surface area contributed by atoms with Gasteiger partial charge >= 0.3 is 0 Å². The van der Waals surface area contributed by atoms with Gasteiger partial charge in [0.05, 0.1) is 11.9 Å². The highest BCUT2D eigenvalue weighted by molar-refractivity contribution is 6.31. The van der Waals surface area contributed by atoms with Crippen LogP contribution >= 0.6 is 11.6 Å². The predicted octanol–water partition coefficient (Wildman–Crippen LogP) is 4.09. The van der Waals surface area contributed by atoms with Crippen LogP contribution in [0.2, 0.25) is 5.02 Å². The molecule has 0 aliphatic heterocycles. The number of phenols is 1. The average molecular weight is 330 g/mol. The molecule has 1 amide bonds. The van der Waals surface area contributed by atoms with E-state index in [-0.39, 0.29) is 23.7 Å². The number of phenolic OH excluding ortho intramolecular Hbond substituents is 1. The zero-order valence-corrected chi connectivity index (χ0v) is 12.6. The van der Waals surface area contributed by atoms with E-state index in [0.29, 0.717) is 21.5 Å². The molecule has 7 heteroatoms. The fraction of sp³-hybridized carbons (Fsp3) is 0.0625. The van der Waals surface area contributed by atoms with E-state index >= 15 is 0 Å². The number of carbonyl (C=O) groups is 1. The molecular weight excluding hydrogens is 318 g/mol. The summed E-state index contributed by atoms with van der Waals surface area (Å²) in [5.41, 5.74) is 1.51. The number of H-pyrrole nitrogens is 1. The van der Waals surface area contributed by atoms with E-state index in [0.717, 1.165) is 0 Å². The van der Waals surface area contributed by atoms with Crippen LogP contribution in [0.15, 0.2) is 52.7 Å². The van der Waals surface area contributed by atoms with Crippen LogP contribution in [-0.2, 0) is 11.2 Å². The van der Waals surface area contributed by atoms with Crippen molar-refractivity contribution in [2.75, 3.05) is 0 Å². The van der Waals surface area contributed by atoms with Gasteiger partial charge in [-0.05, 0) is 35.9 Å². The minimum atomic E-state index is -0.460. The van der Waals surface area contributed by atoms with Crippen LogP contribution in [0.1, 0.15) is 5.56 Å². The number of hydrogen-bond donors (Lipinski definition) is 3. The molecule has 3 N–H and O–H groups in total. The number of aromatic hydroxyl groups is 2. The molecule has 0 radical (unpaired) electrons. The maximum atomic E-state index is 11.9. The molecule has 0 aliphatic carbocycles. The summed E-state index contributed by atoms with van der Waals surface area (Å²) in [6.45, 7) is 0. The highest BCUT2D eigenvalue weighted by atomic mass is 35.5. The van der Waals surface area contributed by atoms with Crippen LogP contribution in [-0.4, -0.2) is 21.1 Å². The number of nitrogens with one attached hydrogen (secondary N) is 1. The van der Waals surface area contributed by atoms with E-state index in [1.54, 1.807) is 30.3 Å². The second-order valence-electron chi connectivity index (χ2n) is 4.95. The number of carbonyl (C=O) groups excluding carboxylic acids is 1. The van der Waals surface area contributed by atoms with E-state index in [1.807, 2.05) is 0 Å². The molecule has 0 bridgehead atoms. The lowest BCUT2D eigenvalue weighted by Crippen LogP contribution is -1.97. The van der Waals surface area contributed by atoms with Crippen LogP contribution in [0.4, 0.5) is 5.69 Å². The van der Waals surface area contributed by atoms with Gasteiger partial charge in [0.1, 0.15) is 5.75 Å². The highest BCUT2D eigenvalue weighted by Crippen LogP contribution is 2.36. The topological polar surface area (TPSA) is 98.0 Å². The molecule has 3 aromatic rings. The molecule has 1 aromatic heterocycles. The molecule has 1 heterocycles. The monoisotopic (exact) mass is 329 g/mol. The number of hydrogen-bond acceptors (Lipinski definition) is 4. The van der Waals surface area contributed by atoms with Gasteiger partial charge in [0, 0.05) is 10.4 Å². The Kier molecular flexibility index (Phi) is 3.99. The Morgan fingerprint density at radius 2 is 1.87 bits per heavy atom. The van der Waals surface area contributed by atoms with Crippen LogP contribution < -0.4 is 0 Å². The number of fused-ring (bicyclic) bond motifs is 1. The fourth-order valence-corrected chi connectivity index (χ4v) is 2.34. The molecular formula is C16H12ClN3O3.